The zero-order valence-electron chi connectivity index (χ0n) is 24.5. The summed E-state index contributed by atoms with van der Waals surface area (Å²) in [7, 11) is -2.38. The standard InChI is InChI=1S/C30H31ClF2N5O3PSi/c1-6-23(39)36-13-14-37(30(3,43)16-36)27-18-15-21(33)25(24-19(31)10-8-11-20(24)32)34-28(18)38(29(40)35-27)26-17(2)9-7-12-22(26)42(4,5)41/h6-12,15H,1,13-14,16H2,2-5,43H3/t30-/m0/s1. The second-order valence-corrected chi connectivity index (χ2v) is 17.3. The Hall–Kier alpha value is -3.66. The van der Waals surface area contributed by atoms with Crippen LogP contribution in [-0.4, -0.2) is 73.7 Å². The molecule has 1 saturated heterocycles. The minimum absolute atomic E-state index is 0.0109. The molecule has 0 aliphatic carbocycles. The molecule has 0 N–H and O–H groups in total. The Bertz CT molecular complexity index is 1910. The van der Waals surface area contributed by atoms with Gasteiger partial charge in [-0.1, -0.05) is 36.4 Å². The summed E-state index contributed by atoms with van der Waals surface area (Å²) in [5.41, 5.74) is -0.381. The van der Waals surface area contributed by atoms with Crippen molar-refractivity contribution in [2.45, 2.75) is 19.0 Å². The van der Waals surface area contributed by atoms with E-state index in [1.807, 2.05) is 11.8 Å². The lowest BCUT2D eigenvalue weighted by Gasteiger charge is -2.48. The Morgan fingerprint density at radius 1 is 1.14 bits per heavy atom. The molecule has 1 fully saturated rings. The molecule has 1 atom stereocenters. The van der Waals surface area contributed by atoms with Crippen LogP contribution in [0.5, 0.6) is 0 Å². The van der Waals surface area contributed by atoms with E-state index in [-0.39, 0.29) is 39.0 Å². The second-order valence-electron chi connectivity index (χ2n) is 11.6. The first-order valence-electron chi connectivity index (χ1n) is 13.6. The molecular formula is C30H31ClF2N5O3PSi. The molecule has 1 aliphatic rings. The van der Waals surface area contributed by atoms with Gasteiger partial charge in [0, 0.05) is 40.3 Å². The molecule has 4 aromatic rings. The van der Waals surface area contributed by atoms with Gasteiger partial charge in [-0.15, -0.1) is 0 Å². The number of benzene rings is 2. The van der Waals surface area contributed by atoms with E-state index in [2.05, 4.69) is 16.5 Å². The molecule has 1 aliphatic heterocycles. The van der Waals surface area contributed by atoms with Crippen LogP contribution in [-0.2, 0) is 9.36 Å². The summed E-state index contributed by atoms with van der Waals surface area (Å²) in [5, 5.41) is -0.00994. The number of rotatable bonds is 5. The molecule has 2 aromatic heterocycles. The Morgan fingerprint density at radius 3 is 2.47 bits per heavy atom. The van der Waals surface area contributed by atoms with E-state index in [9.17, 15) is 14.2 Å². The van der Waals surface area contributed by atoms with Gasteiger partial charge in [-0.3, -0.25) is 4.79 Å². The molecule has 2 aromatic carbocycles. The summed E-state index contributed by atoms with van der Waals surface area (Å²) in [6.07, 6.45) is 1.26. The van der Waals surface area contributed by atoms with Gasteiger partial charge in [0.25, 0.3) is 0 Å². The number of fused-ring (bicyclic) bond motifs is 1. The first-order valence-corrected chi connectivity index (χ1v) is 17.6. The molecule has 0 saturated carbocycles. The summed E-state index contributed by atoms with van der Waals surface area (Å²) in [6.45, 7) is 11.5. The number of piperazine rings is 1. The lowest BCUT2D eigenvalue weighted by molar-refractivity contribution is -0.127. The third kappa shape index (κ3) is 5.45. The van der Waals surface area contributed by atoms with Crippen LogP contribution in [0, 0.1) is 18.6 Å². The van der Waals surface area contributed by atoms with Gasteiger partial charge in [0.1, 0.15) is 24.5 Å². The van der Waals surface area contributed by atoms with Gasteiger partial charge in [-0.2, -0.15) is 4.98 Å². The molecule has 224 valence electrons. The molecule has 0 radical (unpaired) electrons. The van der Waals surface area contributed by atoms with Crippen LogP contribution in [0.3, 0.4) is 0 Å². The van der Waals surface area contributed by atoms with Crippen LogP contribution in [0.15, 0.2) is 59.9 Å². The molecule has 5 rings (SSSR count). The average Bonchev–Trinajstić information content (AvgIpc) is 2.92. The zero-order chi connectivity index (χ0) is 31.4. The highest BCUT2D eigenvalue weighted by Gasteiger charge is 2.38. The van der Waals surface area contributed by atoms with Crippen molar-refractivity contribution >= 4 is 57.0 Å². The number of aromatic nitrogens is 3. The Labute approximate surface area is 255 Å². The molecule has 13 heteroatoms. The monoisotopic (exact) mass is 641 g/mol. The quantitative estimate of drug-likeness (QED) is 0.187. The third-order valence-corrected chi connectivity index (χ3v) is 10.4. The number of nitrogens with zero attached hydrogens (tertiary/aromatic N) is 5. The van der Waals surface area contributed by atoms with Gasteiger partial charge in [0.05, 0.1) is 21.7 Å². The molecule has 1 amide bonds. The van der Waals surface area contributed by atoms with E-state index in [4.69, 9.17) is 11.6 Å². The number of hydrogen-bond acceptors (Lipinski definition) is 6. The minimum atomic E-state index is -2.94. The largest absolute Gasteiger partial charge is 0.355 e. The molecule has 0 unspecified atom stereocenters. The Kier molecular flexibility index (Phi) is 7.96. The van der Waals surface area contributed by atoms with E-state index in [0.717, 1.165) is 6.07 Å². The fourth-order valence-corrected chi connectivity index (χ4v) is 7.95. The maximum absolute atomic E-state index is 16.0. The van der Waals surface area contributed by atoms with E-state index in [0.29, 0.717) is 46.4 Å². The number of carbonyl (C=O) groups is 1. The van der Waals surface area contributed by atoms with Gasteiger partial charge in [-0.25, -0.2) is 23.1 Å². The van der Waals surface area contributed by atoms with Crippen molar-refractivity contribution < 1.29 is 18.1 Å². The van der Waals surface area contributed by atoms with Crippen molar-refractivity contribution in [1.29, 1.82) is 0 Å². The van der Waals surface area contributed by atoms with Crippen molar-refractivity contribution in [3.63, 3.8) is 0 Å². The highest BCUT2D eigenvalue weighted by Crippen LogP contribution is 2.40. The second kappa shape index (κ2) is 11.1. The maximum Gasteiger partial charge on any atom is 0.355 e. The van der Waals surface area contributed by atoms with E-state index >= 15 is 8.78 Å². The summed E-state index contributed by atoms with van der Waals surface area (Å²) in [4.78, 5) is 39.1. The van der Waals surface area contributed by atoms with Crippen molar-refractivity contribution in [1.82, 2.24) is 19.4 Å². The first-order chi connectivity index (χ1) is 20.2. The first kappa shape index (κ1) is 30.8. The predicted molar refractivity (Wildman–Crippen MR) is 172 cm³/mol. The van der Waals surface area contributed by atoms with E-state index in [1.165, 1.54) is 28.8 Å². The minimum Gasteiger partial charge on any atom is -0.351 e. The molecule has 3 heterocycles. The zero-order valence-corrected chi connectivity index (χ0v) is 28.1. The molecular weight excluding hydrogens is 611 g/mol. The highest BCUT2D eigenvalue weighted by molar-refractivity contribution is 7.70. The molecule has 43 heavy (non-hydrogen) atoms. The summed E-state index contributed by atoms with van der Waals surface area (Å²) < 4.78 is 45.7. The lowest BCUT2D eigenvalue weighted by atomic mass is 10.1. The lowest BCUT2D eigenvalue weighted by Crippen LogP contribution is -2.63. The maximum atomic E-state index is 16.0. The van der Waals surface area contributed by atoms with Crippen LogP contribution in [0.25, 0.3) is 28.0 Å². The van der Waals surface area contributed by atoms with E-state index < -0.39 is 29.6 Å². The number of para-hydroxylation sites is 1. The van der Waals surface area contributed by atoms with Crippen molar-refractivity contribution in [3.8, 4) is 16.9 Å². The van der Waals surface area contributed by atoms with Crippen molar-refractivity contribution in [3.05, 3.63) is 87.8 Å². The van der Waals surface area contributed by atoms with Crippen LogP contribution in [0.1, 0.15) is 12.5 Å². The van der Waals surface area contributed by atoms with Gasteiger partial charge < -0.3 is 14.4 Å². The molecule has 0 spiro atoms. The number of amides is 1. The topological polar surface area (TPSA) is 88.4 Å². The van der Waals surface area contributed by atoms with Crippen LogP contribution in [0.2, 0.25) is 5.02 Å². The predicted octanol–water partition coefficient (Wildman–Crippen LogP) is 3.85. The number of carbonyl (C=O) groups excluding carboxylic acids is 1. The van der Waals surface area contributed by atoms with Crippen LogP contribution >= 0.6 is 18.7 Å². The Balaban J connectivity index is 1.88. The fraction of sp³-hybridized carbons (Fsp3) is 0.267. The summed E-state index contributed by atoms with van der Waals surface area (Å²) in [6, 6.07) is 10.4. The molecule has 0 bridgehead atoms. The van der Waals surface area contributed by atoms with Gasteiger partial charge in [0.15, 0.2) is 11.5 Å². The van der Waals surface area contributed by atoms with Gasteiger partial charge >= 0.3 is 5.69 Å². The van der Waals surface area contributed by atoms with Crippen LogP contribution in [0.4, 0.5) is 14.6 Å². The van der Waals surface area contributed by atoms with Crippen molar-refractivity contribution in [2.24, 2.45) is 0 Å². The van der Waals surface area contributed by atoms with Crippen molar-refractivity contribution in [2.75, 3.05) is 37.9 Å². The van der Waals surface area contributed by atoms with Gasteiger partial charge in [-0.05, 0) is 63.1 Å². The van der Waals surface area contributed by atoms with E-state index in [1.54, 1.807) is 43.4 Å². The number of halogens is 3. The molecule has 8 nitrogen and oxygen atoms in total. The van der Waals surface area contributed by atoms with Gasteiger partial charge in [0.2, 0.25) is 5.91 Å². The summed E-state index contributed by atoms with van der Waals surface area (Å²) >= 11 is 6.32. The number of anilines is 1. The van der Waals surface area contributed by atoms with Crippen LogP contribution < -0.4 is 15.9 Å². The average molecular weight is 642 g/mol. The highest BCUT2D eigenvalue weighted by atomic mass is 35.5. The normalized spacial score (nSPS) is 17.5. The number of aryl methyl sites for hydroxylation is 1. The Morgan fingerprint density at radius 2 is 1.84 bits per heavy atom. The number of pyridine rings is 1. The third-order valence-electron chi connectivity index (χ3n) is 7.67. The smallest absolute Gasteiger partial charge is 0.351 e. The fourth-order valence-electron chi connectivity index (χ4n) is 5.65. The summed E-state index contributed by atoms with van der Waals surface area (Å²) in [5.74, 6) is -1.64. The SMILES string of the molecule is C=CC(=O)N1CCN(c2nc(=O)n(-c3c(C)cccc3P(C)(C)=O)c3nc(-c4c(F)cccc4Cl)c(F)cc23)[C@@](C)([SiH3])C1. The number of hydrogen-bond donors (Lipinski definition) is 0.